The quantitative estimate of drug-likeness (QED) is 0.904. The lowest BCUT2D eigenvalue weighted by Gasteiger charge is -2.25. The standard InChI is InChI=1S/C17H24N2O2/c1-2-8-19(10-16-4-3-7-18-16)17(20)13-5-6-14-11-21-12-15(14)9-13/h5-6,9,16,18H,2-4,7-8,10-12H2,1H3. The topological polar surface area (TPSA) is 41.6 Å². The van der Waals surface area contributed by atoms with E-state index in [1.807, 2.05) is 23.1 Å². The van der Waals surface area contributed by atoms with Gasteiger partial charge in [0.2, 0.25) is 0 Å². The molecule has 1 unspecified atom stereocenters. The summed E-state index contributed by atoms with van der Waals surface area (Å²) >= 11 is 0. The smallest absolute Gasteiger partial charge is 0.253 e. The molecule has 0 radical (unpaired) electrons. The molecule has 1 atom stereocenters. The number of carbonyl (C=O) groups excluding carboxylic acids is 1. The van der Waals surface area contributed by atoms with E-state index in [0.29, 0.717) is 19.3 Å². The number of hydrogen-bond donors (Lipinski definition) is 1. The van der Waals surface area contributed by atoms with Gasteiger partial charge >= 0.3 is 0 Å². The number of amides is 1. The molecule has 0 aliphatic carbocycles. The van der Waals surface area contributed by atoms with Crippen LogP contribution >= 0.6 is 0 Å². The van der Waals surface area contributed by atoms with Gasteiger partial charge in [-0.15, -0.1) is 0 Å². The van der Waals surface area contributed by atoms with Crippen LogP contribution in [0.15, 0.2) is 18.2 Å². The lowest BCUT2D eigenvalue weighted by molar-refractivity contribution is 0.0741. The van der Waals surface area contributed by atoms with E-state index in [2.05, 4.69) is 12.2 Å². The Morgan fingerprint density at radius 1 is 1.38 bits per heavy atom. The Kier molecular flexibility index (Phi) is 4.56. The Hall–Kier alpha value is -1.39. The van der Waals surface area contributed by atoms with Crippen LogP contribution in [0.1, 0.15) is 47.7 Å². The summed E-state index contributed by atoms with van der Waals surface area (Å²) in [5.74, 6) is 0.153. The maximum Gasteiger partial charge on any atom is 0.253 e. The first-order valence-electron chi connectivity index (χ1n) is 8.00. The van der Waals surface area contributed by atoms with E-state index in [0.717, 1.165) is 37.2 Å². The minimum absolute atomic E-state index is 0.153. The fraction of sp³-hybridized carbons (Fsp3) is 0.588. The van der Waals surface area contributed by atoms with E-state index < -0.39 is 0 Å². The van der Waals surface area contributed by atoms with Gasteiger partial charge < -0.3 is 15.0 Å². The Labute approximate surface area is 126 Å². The van der Waals surface area contributed by atoms with Crippen molar-refractivity contribution in [3.8, 4) is 0 Å². The lowest BCUT2D eigenvalue weighted by atomic mass is 10.1. The molecule has 0 bridgehead atoms. The minimum atomic E-state index is 0.153. The molecule has 1 aromatic rings. The largest absolute Gasteiger partial charge is 0.372 e. The highest BCUT2D eigenvalue weighted by atomic mass is 16.5. The molecule has 0 aromatic heterocycles. The van der Waals surface area contributed by atoms with Gasteiger partial charge in [0.25, 0.3) is 5.91 Å². The highest BCUT2D eigenvalue weighted by molar-refractivity contribution is 5.94. The third kappa shape index (κ3) is 3.27. The van der Waals surface area contributed by atoms with Gasteiger partial charge in [0.15, 0.2) is 0 Å². The zero-order chi connectivity index (χ0) is 14.7. The van der Waals surface area contributed by atoms with Gasteiger partial charge in [0.05, 0.1) is 13.2 Å². The first-order chi connectivity index (χ1) is 10.3. The summed E-state index contributed by atoms with van der Waals surface area (Å²) in [5.41, 5.74) is 3.17. The predicted molar refractivity (Wildman–Crippen MR) is 82.2 cm³/mol. The maximum atomic E-state index is 12.8. The minimum Gasteiger partial charge on any atom is -0.372 e. The van der Waals surface area contributed by atoms with Crippen LogP contribution in [0, 0.1) is 0 Å². The molecule has 0 spiro atoms. The van der Waals surface area contributed by atoms with Crippen molar-refractivity contribution in [3.05, 3.63) is 34.9 Å². The van der Waals surface area contributed by atoms with E-state index in [1.54, 1.807) is 0 Å². The van der Waals surface area contributed by atoms with Crippen molar-refractivity contribution in [1.82, 2.24) is 10.2 Å². The number of ether oxygens (including phenoxy) is 1. The maximum absolute atomic E-state index is 12.8. The summed E-state index contributed by atoms with van der Waals surface area (Å²) in [6.07, 6.45) is 3.38. The molecular weight excluding hydrogens is 264 g/mol. The molecule has 4 nitrogen and oxygen atoms in total. The van der Waals surface area contributed by atoms with Crippen LogP contribution < -0.4 is 5.32 Å². The normalized spacial score (nSPS) is 20.5. The van der Waals surface area contributed by atoms with Gasteiger partial charge in [0, 0.05) is 24.7 Å². The van der Waals surface area contributed by atoms with Gasteiger partial charge in [-0.05, 0) is 49.1 Å². The van der Waals surface area contributed by atoms with Crippen LogP contribution in [-0.2, 0) is 18.0 Å². The van der Waals surface area contributed by atoms with Crippen molar-refractivity contribution in [3.63, 3.8) is 0 Å². The molecule has 21 heavy (non-hydrogen) atoms. The second kappa shape index (κ2) is 6.58. The number of benzene rings is 1. The highest BCUT2D eigenvalue weighted by Crippen LogP contribution is 2.22. The van der Waals surface area contributed by atoms with Gasteiger partial charge in [0.1, 0.15) is 0 Å². The van der Waals surface area contributed by atoms with Gasteiger partial charge in [-0.3, -0.25) is 4.79 Å². The third-order valence-electron chi connectivity index (χ3n) is 4.35. The van der Waals surface area contributed by atoms with E-state index in [9.17, 15) is 4.79 Å². The molecule has 4 heteroatoms. The average Bonchev–Trinajstić information content (AvgIpc) is 3.16. The number of fused-ring (bicyclic) bond motifs is 1. The molecule has 114 valence electrons. The van der Waals surface area contributed by atoms with Gasteiger partial charge in [-0.1, -0.05) is 13.0 Å². The van der Waals surface area contributed by atoms with Gasteiger partial charge in [-0.2, -0.15) is 0 Å². The second-order valence-electron chi connectivity index (χ2n) is 6.02. The number of rotatable bonds is 5. The van der Waals surface area contributed by atoms with E-state index in [-0.39, 0.29) is 5.91 Å². The van der Waals surface area contributed by atoms with Crippen molar-refractivity contribution in [1.29, 1.82) is 0 Å². The molecule has 1 amide bonds. The van der Waals surface area contributed by atoms with Crippen molar-refractivity contribution in [2.45, 2.75) is 45.4 Å². The van der Waals surface area contributed by atoms with E-state index in [4.69, 9.17) is 4.74 Å². The Balaban J connectivity index is 1.73. The molecule has 1 fully saturated rings. The summed E-state index contributed by atoms with van der Waals surface area (Å²) in [4.78, 5) is 14.8. The number of carbonyl (C=O) groups is 1. The fourth-order valence-electron chi connectivity index (χ4n) is 3.21. The third-order valence-corrected chi connectivity index (χ3v) is 4.35. The van der Waals surface area contributed by atoms with Crippen molar-refractivity contribution in [2.75, 3.05) is 19.6 Å². The SMILES string of the molecule is CCCN(CC1CCCN1)C(=O)c1ccc2c(c1)COC2. The van der Waals surface area contributed by atoms with Crippen molar-refractivity contribution >= 4 is 5.91 Å². The molecule has 3 rings (SSSR count). The lowest BCUT2D eigenvalue weighted by Crippen LogP contribution is -2.41. The zero-order valence-corrected chi connectivity index (χ0v) is 12.7. The first-order valence-corrected chi connectivity index (χ1v) is 8.00. The summed E-state index contributed by atoms with van der Waals surface area (Å²) in [7, 11) is 0. The van der Waals surface area contributed by atoms with E-state index in [1.165, 1.54) is 18.4 Å². The molecule has 2 heterocycles. The molecule has 0 saturated carbocycles. The molecule has 2 aliphatic rings. The zero-order valence-electron chi connectivity index (χ0n) is 12.7. The van der Waals surface area contributed by atoms with Crippen LogP contribution in [0.2, 0.25) is 0 Å². The Morgan fingerprint density at radius 2 is 2.24 bits per heavy atom. The summed E-state index contributed by atoms with van der Waals surface area (Å²) in [6.45, 7) is 6.15. The summed E-state index contributed by atoms with van der Waals surface area (Å²) < 4.78 is 5.43. The first kappa shape index (κ1) is 14.5. The molecule has 1 aromatic carbocycles. The Bertz CT molecular complexity index is 510. The number of nitrogens with one attached hydrogen (secondary N) is 1. The second-order valence-corrected chi connectivity index (χ2v) is 6.02. The van der Waals surface area contributed by atoms with Crippen LogP contribution in [-0.4, -0.2) is 36.5 Å². The van der Waals surface area contributed by atoms with Crippen LogP contribution in [0.25, 0.3) is 0 Å². The Morgan fingerprint density at radius 3 is 3.00 bits per heavy atom. The van der Waals surface area contributed by atoms with Crippen molar-refractivity contribution in [2.24, 2.45) is 0 Å². The molecule has 1 N–H and O–H groups in total. The number of nitrogens with zero attached hydrogens (tertiary/aromatic N) is 1. The van der Waals surface area contributed by atoms with Crippen molar-refractivity contribution < 1.29 is 9.53 Å². The monoisotopic (exact) mass is 288 g/mol. The number of hydrogen-bond acceptors (Lipinski definition) is 3. The molecule has 1 saturated heterocycles. The van der Waals surface area contributed by atoms with Crippen LogP contribution in [0.4, 0.5) is 0 Å². The van der Waals surface area contributed by atoms with Crippen LogP contribution in [0.5, 0.6) is 0 Å². The summed E-state index contributed by atoms with van der Waals surface area (Å²) in [5, 5.41) is 3.48. The summed E-state index contributed by atoms with van der Waals surface area (Å²) in [6, 6.07) is 6.45. The predicted octanol–water partition coefficient (Wildman–Crippen LogP) is 2.32. The fourth-order valence-corrected chi connectivity index (χ4v) is 3.21. The van der Waals surface area contributed by atoms with Gasteiger partial charge in [-0.25, -0.2) is 0 Å². The molecular formula is C17H24N2O2. The van der Waals surface area contributed by atoms with Crippen LogP contribution in [0.3, 0.4) is 0 Å². The highest BCUT2D eigenvalue weighted by Gasteiger charge is 2.23. The van der Waals surface area contributed by atoms with E-state index >= 15 is 0 Å². The average molecular weight is 288 g/mol. The molecule has 2 aliphatic heterocycles.